The number of hydrogen-bond donors (Lipinski definition) is 0. The second-order valence-corrected chi connectivity index (χ2v) is 4.66. The van der Waals surface area contributed by atoms with E-state index in [1.807, 2.05) is 12.1 Å². The van der Waals surface area contributed by atoms with E-state index in [1.165, 1.54) is 5.56 Å². The molecule has 0 aliphatic rings. The Balaban J connectivity index is 2.03. The molecule has 0 spiro atoms. The van der Waals surface area contributed by atoms with Gasteiger partial charge in [-0.2, -0.15) is 0 Å². The van der Waals surface area contributed by atoms with Crippen molar-refractivity contribution in [1.29, 1.82) is 0 Å². The highest BCUT2D eigenvalue weighted by molar-refractivity contribution is 5.91. The summed E-state index contributed by atoms with van der Waals surface area (Å²) in [6, 6.07) is 9.93. The van der Waals surface area contributed by atoms with E-state index in [0.717, 1.165) is 12.0 Å². The number of benzene rings is 1. The summed E-state index contributed by atoms with van der Waals surface area (Å²) in [5.41, 5.74) is 3.11. The van der Waals surface area contributed by atoms with Crippen molar-refractivity contribution in [3.63, 3.8) is 0 Å². The molecule has 0 N–H and O–H groups in total. The fourth-order valence-corrected chi connectivity index (χ4v) is 1.88. The van der Waals surface area contributed by atoms with Gasteiger partial charge in [0.1, 0.15) is 0 Å². The SMILES string of the molecule is CCc1ccc(CN(C)C(=O)c2cc(C)no2)cc1. The molecule has 0 unspecified atom stereocenters. The third-order valence-electron chi connectivity index (χ3n) is 3.04. The number of carbonyl (C=O) groups excluding carboxylic acids is 1. The Morgan fingerprint density at radius 2 is 1.89 bits per heavy atom. The van der Waals surface area contributed by atoms with Gasteiger partial charge < -0.3 is 9.42 Å². The molecule has 0 radical (unpaired) electrons. The first kappa shape index (κ1) is 13.3. The average molecular weight is 258 g/mol. The van der Waals surface area contributed by atoms with Gasteiger partial charge in [0.2, 0.25) is 5.76 Å². The Morgan fingerprint density at radius 1 is 1.26 bits per heavy atom. The van der Waals surface area contributed by atoms with Crippen molar-refractivity contribution in [2.75, 3.05) is 7.05 Å². The van der Waals surface area contributed by atoms with Crippen LogP contribution in [0.25, 0.3) is 0 Å². The summed E-state index contributed by atoms with van der Waals surface area (Å²) in [5, 5.41) is 3.73. The molecule has 0 saturated heterocycles. The van der Waals surface area contributed by atoms with Gasteiger partial charge in [-0.25, -0.2) is 0 Å². The van der Waals surface area contributed by atoms with Crippen LogP contribution in [0.5, 0.6) is 0 Å². The molecule has 100 valence electrons. The summed E-state index contributed by atoms with van der Waals surface area (Å²) < 4.78 is 4.98. The summed E-state index contributed by atoms with van der Waals surface area (Å²) in [4.78, 5) is 13.7. The molecular formula is C15H18N2O2. The van der Waals surface area contributed by atoms with E-state index in [1.54, 1.807) is 24.9 Å². The highest BCUT2D eigenvalue weighted by Gasteiger charge is 2.16. The van der Waals surface area contributed by atoms with Crippen LogP contribution >= 0.6 is 0 Å². The van der Waals surface area contributed by atoms with Crippen LogP contribution in [0.15, 0.2) is 34.9 Å². The number of nitrogens with zero attached hydrogens (tertiary/aromatic N) is 2. The van der Waals surface area contributed by atoms with E-state index < -0.39 is 0 Å². The Labute approximate surface area is 113 Å². The van der Waals surface area contributed by atoms with Crippen molar-refractivity contribution >= 4 is 5.91 Å². The van der Waals surface area contributed by atoms with Gasteiger partial charge in [0, 0.05) is 19.7 Å². The van der Waals surface area contributed by atoms with Crippen molar-refractivity contribution < 1.29 is 9.32 Å². The Morgan fingerprint density at radius 3 is 2.42 bits per heavy atom. The van der Waals surface area contributed by atoms with Crippen molar-refractivity contribution in [2.24, 2.45) is 0 Å². The highest BCUT2D eigenvalue weighted by Crippen LogP contribution is 2.11. The normalized spacial score (nSPS) is 10.5. The van der Waals surface area contributed by atoms with E-state index in [-0.39, 0.29) is 11.7 Å². The third kappa shape index (κ3) is 3.22. The first-order valence-corrected chi connectivity index (χ1v) is 6.36. The van der Waals surface area contributed by atoms with E-state index in [4.69, 9.17) is 4.52 Å². The van der Waals surface area contributed by atoms with Crippen molar-refractivity contribution in [3.8, 4) is 0 Å². The van der Waals surface area contributed by atoms with Gasteiger partial charge in [-0.1, -0.05) is 36.3 Å². The maximum absolute atomic E-state index is 12.1. The summed E-state index contributed by atoms with van der Waals surface area (Å²) in [5.74, 6) is 0.130. The van der Waals surface area contributed by atoms with Gasteiger partial charge in [0.15, 0.2) is 0 Å². The lowest BCUT2D eigenvalue weighted by atomic mass is 10.1. The van der Waals surface area contributed by atoms with Gasteiger partial charge in [-0.05, 0) is 24.5 Å². The van der Waals surface area contributed by atoms with Crippen LogP contribution in [0.4, 0.5) is 0 Å². The number of hydrogen-bond acceptors (Lipinski definition) is 3. The molecule has 2 rings (SSSR count). The Kier molecular flexibility index (Phi) is 4.00. The second kappa shape index (κ2) is 5.69. The van der Waals surface area contributed by atoms with E-state index in [0.29, 0.717) is 12.2 Å². The zero-order valence-electron chi connectivity index (χ0n) is 11.5. The van der Waals surface area contributed by atoms with E-state index >= 15 is 0 Å². The predicted octanol–water partition coefficient (Wildman–Crippen LogP) is 2.82. The van der Waals surface area contributed by atoms with Crippen LogP contribution in [-0.2, 0) is 13.0 Å². The average Bonchev–Trinajstić information content (AvgIpc) is 2.85. The van der Waals surface area contributed by atoms with Crippen molar-refractivity contribution in [3.05, 3.63) is 52.9 Å². The third-order valence-corrected chi connectivity index (χ3v) is 3.04. The summed E-state index contributed by atoms with van der Waals surface area (Å²) >= 11 is 0. The topological polar surface area (TPSA) is 46.3 Å². The van der Waals surface area contributed by atoms with Crippen LogP contribution in [-0.4, -0.2) is 23.0 Å². The summed E-state index contributed by atoms with van der Waals surface area (Å²) in [7, 11) is 1.76. The quantitative estimate of drug-likeness (QED) is 0.847. The molecule has 1 amide bonds. The molecule has 0 bridgehead atoms. The maximum atomic E-state index is 12.1. The lowest BCUT2D eigenvalue weighted by molar-refractivity contribution is 0.0743. The van der Waals surface area contributed by atoms with Crippen LogP contribution in [0.1, 0.15) is 34.3 Å². The monoisotopic (exact) mass is 258 g/mol. The highest BCUT2D eigenvalue weighted by atomic mass is 16.5. The zero-order valence-corrected chi connectivity index (χ0v) is 11.5. The summed E-state index contributed by atoms with van der Waals surface area (Å²) in [6.45, 7) is 4.48. The molecule has 0 aliphatic carbocycles. The molecular weight excluding hydrogens is 240 g/mol. The molecule has 1 heterocycles. The minimum absolute atomic E-state index is 0.153. The number of amides is 1. The Bertz CT molecular complexity index is 558. The first-order chi connectivity index (χ1) is 9.10. The lowest BCUT2D eigenvalue weighted by Crippen LogP contribution is -2.25. The number of aryl methyl sites for hydroxylation is 2. The van der Waals surface area contributed by atoms with E-state index in [9.17, 15) is 4.79 Å². The standard InChI is InChI=1S/C15H18N2O2/c1-4-12-5-7-13(8-6-12)10-17(3)15(18)14-9-11(2)16-19-14/h5-9H,4,10H2,1-3H3. The number of carbonyl (C=O) groups is 1. The molecule has 0 atom stereocenters. The Hall–Kier alpha value is -2.10. The molecule has 0 saturated carbocycles. The van der Waals surface area contributed by atoms with E-state index in [2.05, 4.69) is 24.2 Å². The molecule has 1 aromatic heterocycles. The van der Waals surface area contributed by atoms with Crippen molar-refractivity contribution in [1.82, 2.24) is 10.1 Å². The molecule has 0 fully saturated rings. The zero-order chi connectivity index (χ0) is 13.8. The van der Waals surface area contributed by atoms with Crippen LogP contribution in [0, 0.1) is 6.92 Å². The van der Waals surface area contributed by atoms with Gasteiger partial charge in [-0.15, -0.1) is 0 Å². The first-order valence-electron chi connectivity index (χ1n) is 6.36. The van der Waals surface area contributed by atoms with Crippen LogP contribution in [0.3, 0.4) is 0 Å². The molecule has 0 aliphatic heterocycles. The van der Waals surface area contributed by atoms with Gasteiger partial charge >= 0.3 is 0 Å². The minimum atomic E-state index is -0.153. The maximum Gasteiger partial charge on any atom is 0.292 e. The smallest absolute Gasteiger partial charge is 0.292 e. The fourth-order valence-electron chi connectivity index (χ4n) is 1.88. The minimum Gasteiger partial charge on any atom is -0.351 e. The number of rotatable bonds is 4. The predicted molar refractivity (Wildman–Crippen MR) is 72.9 cm³/mol. The fraction of sp³-hybridized carbons (Fsp3) is 0.333. The molecule has 4 nitrogen and oxygen atoms in total. The summed E-state index contributed by atoms with van der Waals surface area (Å²) in [6.07, 6.45) is 1.02. The molecule has 4 heteroatoms. The number of aromatic nitrogens is 1. The lowest BCUT2D eigenvalue weighted by Gasteiger charge is -2.15. The van der Waals surface area contributed by atoms with Gasteiger partial charge in [0.25, 0.3) is 5.91 Å². The van der Waals surface area contributed by atoms with Crippen molar-refractivity contribution in [2.45, 2.75) is 26.8 Å². The largest absolute Gasteiger partial charge is 0.351 e. The van der Waals surface area contributed by atoms with Gasteiger partial charge in [-0.3, -0.25) is 4.79 Å². The molecule has 1 aromatic carbocycles. The van der Waals surface area contributed by atoms with Crippen LogP contribution < -0.4 is 0 Å². The second-order valence-electron chi connectivity index (χ2n) is 4.66. The molecule has 19 heavy (non-hydrogen) atoms. The molecule has 2 aromatic rings. The van der Waals surface area contributed by atoms with Gasteiger partial charge in [0.05, 0.1) is 5.69 Å². The van der Waals surface area contributed by atoms with Crippen LogP contribution in [0.2, 0.25) is 0 Å².